The first-order valence-corrected chi connectivity index (χ1v) is 7.41. The van der Waals surface area contributed by atoms with E-state index in [2.05, 4.69) is 9.46 Å². The smallest absolute Gasteiger partial charge is 0.306 e. The summed E-state index contributed by atoms with van der Waals surface area (Å²) in [5, 5.41) is 9.50. The molecule has 0 spiro atoms. The van der Waals surface area contributed by atoms with E-state index in [9.17, 15) is 18.3 Å². The number of hydrogen-bond donors (Lipinski definition) is 2. The summed E-state index contributed by atoms with van der Waals surface area (Å²) in [5.41, 5.74) is 0. The van der Waals surface area contributed by atoms with E-state index in [0.717, 1.165) is 12.8 Å². The van der Waals surface area contributed by atoms with Gasteiger partial charge in [0.1, 0.15) is 0 Å². The number of carbonyl (C=O) groups excluding carboxylic acids is 1. The highest BCUT2D eigenvalue weighted by atomic mass is 32.2. The molecule has 1 aliphatic rings. The van der Waals surface area contributed by atoms with E-state index in [1.165, 1.54) is 0 Å². The zero-order chi connectivity index (χ0) is 12.9. The molecule has 1 aliphatic carbocycles. The normalized spacial score (nSPS) is 17.8. The molecule has 17 heavy (non-hydrogen) atoms. The zero-order valence-electron chi connectivity index (χ0n) is 9.89. The van der Waals surface area contributed by atoms with Gasteiger partial charge in [-0.15, -0.1) is 0 Å². The average molecular weight is 265 g/mol. The van der Waals surface area contributed by atoms with Gasteiger partial charge in [0.25, 0.3) is 0 Å². The third kappa shape index (κ3) is 5.99. The molecule has 0 amide bonds. The summed E-state index contributed by atoms with van der Waals surface area (Å²) in [6, 6.07) is 0. The van der Waals surface area contributed by atoms with Gasteiger partial charge in [-0.05, 0) is 25.7 Å². The van der Waals surface area contributed by atoms with Gasteiger partial charge in [-0.1, -0.05) is 0 Å². The molecule has 0 heterocycles. The third-order valence-electron chi connectivity index (χ3n) is 2.56. The number of hydrogen-bond acceptors (Lipinski definition) is 5. The zero-order valence-corrected chi connectivity index (χ0v) is 10.7. The summed E-state index contributed by atoms with van der Waals surface area (Å²) in [5.74, 6) is -0.605. The topological polar surface area (TPSA) is 92.7 Å². The Hall–Kier alpha value is -0.660. The molecule has 1 atom stereocenters. The molecule has 6 nitrogen and oxygen atoms in total. The van der Waals surface area contributed by atoms with Gasteiger partial charge in [0, 0.05) is 6.54 Å². The maximum atomic E-state index is 11.5. The lowest BCUT2D eigenvalue weighted by Gasteiger charge is -2.10. The number of aliphatic hydroxyl groups is 1. The Morgan fingerprint density at radius 2 is 2.18 bits per heavy atom. The van der Waals surface area contributed by atoms with Crippen molar-refractivity contribution >= 4 is 16.0 Å². The molecule has 1 fully saturated rings. The summed E-state index contributed by atoms with van der Waals surface area (Å²) >= 11 is 0. The molecule has 0 radical (unpaired) electrons. The van der Waals surface area contributed by atoms with Crippen LogP contribution in [0.5, 0.6) is 0 Å². The van der Waals surface area contributed by atoms with Crippen LogP contribution in [0.1, 0.15) is 26.2 Å². The highest BCUT2D eigenvalue weighted by Gasteiger charge is 2.30. The number of rotatable bonds is 8. The Labute approximate surface area is 101 Å². The summed E-state index contributed by atoms with van der Waals surface area (Å²) in [6.45, 7) is 1.93. The van der Waals surface area contributed by atoms with Gasteiger partial charge in [-0.2, -0.15) is 0 Å². The number of esters is 1. The van der Waals surface area contributed by atoms with Gasteiger partial charge in [-0.3, -0.25) is 4.79 Å². The largest absolute Gasteiger partial charge is 0.466 e. The van der Waals surface area contributed by atoms with Gasteiger partial charge < -0.3 is 9.84 Å². The fourth-order valence-corrected chi connectivity index (χ4v) is 2.39. The Balaban J connectivity index is 2.22. The van der Waals surface area contributed by atoms with Crippen molar-refractivity contribution in [3.63, 3.8) is 0 Å². The predicted octanol–water partition coefficient (Wildman–Crippen LogP) is -0.370. The molecule has 1 rings (SSSR count). The monoisotopic (exact) mass is 265 g/mol. The Kier molecular flexibility index (Phi) is 5.35. The molecule has 0 bridgehead atoms. The minimum absolute atomic E-state index is 0.0236. The van der Waals surface area contributed by atoms with E-state index in [4.69, 9.17) is 0 Å². The van der Waals surface area contributed by atoms with E-state index in [0.29, 0.717) is 0 Å². The van der Waals surface area contributed by atoms with Gasteiger partial charge in [0.05, 0.1) is 24.9 Å². The fraction of sp³-hybridized carbons (Fsp3) is 0.900. The third-order valence-corrected chi connectivity index (χ3v) is 3.91. The van der Waals surface area contributed by atoms with E-state index < -0.39 is 22.1 Å². The number of sulfonamides is 1. The second-order valence-corrected chi connectivity index (χ2v) is 6.05. The summed E-state index contributed by atoms with van der Waals surface area (Å²) < 4.78 is 29.8. The second kappa shape index (κ2) is 6.32. The Morgan fingerprint density at radius 1 is 1.53 bits per heavy atom. The molecular weight excluding hydrogens is 246 g/mol. The predicted molar refractivity (Wildman–Crippen MR) is 61.8 cm³/mol. The van der Waals surface area contributed by atoms with Crippen molar-refractivity contribution in [1.29, 1.82) is 0 Å². The number of ether oxygens (including phenoxy) is 1. The Bertz CT molecular complexity index is 350. The highest BCUT2D eigenvalue weighted by Crippen LogP contribution is 2.32. The molecule has 0 aromatic rings. The minimum atomic E-state index is -3.51. The van der Waals surface area contributed by atoms with Crippen molar-refractivity contribution in [2.45, 2.75) is 32.3 Å². The molecule has 0 aromatic heterocycles. The maximum absolute atomic E-state index is 11.5. The van der Waals surface area contributed by atoms with Crippen molar-refractivity contribution < 1.29 is 23.1 Å². The molecule has 1 unspecified atom stereocenters. The average Bonchev–Trinajstić information content (AvgIpc) is 3.08. The molecule has 2 N–H and O–H groups in total. The van der Waals surface area contributed by atoms with Crippen LogP contribution in [-0.4, -0.2) is 44.5 Å². The summed E-state index contributed by atoms with van der Waals surface area (Å²) in [4.78, 5) is 11.0. The number of nitrogens with one attached hydrogen (secondary N) is 1. The molecule has 7 heteroatoms. The van der Waals surface area contributed by atoms with Gasteiger partial charge >= 0.3 is 5.97 Å². The van der Waals surface area contributed by atoms with Crippen LogP contribution in [-0.2, 0) is 19.6 Å². The fourth-order valence-electron chi connectivity index (χ4n) is 1.38. The minimum Gasteiger partial charge on any atom is -0.466 e. The van der Waals surface area contributed by atoms with E-state index >= 15 is 0 Å². The molecule has 0 saturated heterocycles. The lowest BCUT2D eigenvalue weighted by Crippen LogP contribution is -2.35. The first kappa shape index (κ1) is 14.4. The first-order valence-electron chi connectivity index (χ1n) is 5.75. The van der Waals surface area contributed by atoms with Crippen LogP contribution in [0.4, 0.5) is 0 Å². The summed E-state index contributed by atoms with van der Waals surface area (Å²) in [6.07, 6.45) is 1.12. The van der Waals surface area contributed by atoms with Crippen LogP contribution in [0, 0.1) is 5.92 Å². The lowest BCUT2D eigenvalue weighted by atomic mass is 10.2. The van der Waals surface area contributed by atoms with Crippen molar-refractivity contribution in [3.05, 3.63) is 0 Å². The highest BCUT2D eigenvalue weighted by molar-refractivity contribution is 7.89. The molecule has 0 aromatic carbocycles. The summed E-state index contributed by atoms with van der Waals surface area (Å²) in [7, 11) is -3.51. The van der Waals surface area contributed by atoms with Crippen molar-refractivity contribution in [2.24, 2.45) is 5.92 Å². The molecule has 100 valence electrons. The standard InChI is InChI=1S/C10H19NO5S/c1-2-16-10(13)5-6-17(14,15)11-7-9(12)8-3-4-8/h8-9,11-12H,2-7H2,1H3. The van der Waals surface area contributed by atoms with Gasteiger partial charge in [0.2, 0.25) is 10.0 Å². The van der Waals surface area contributed by atoms with Crippen molar-refractivity contribution in [2.75, 3.05) is 18.9 Å². The van der Waals surface area contributed by atoms with Gasteiger partial charge in [0.15, 0.2) is 0 Å². The van der Waals surface area contributed by atoms with Crippen molar-refractivity contribution in [3.8, 4) is 0 Å². The maximum Gasteiger partial charge on any atom is 0.306 e. The molecule has 1 saturated carbocycles. The van der Waals surface area contributed by atoms with Crippen LogP contribution in [0.3, 0.4) is 0 Å². The van der Waals surface area contributed by atoms with Crippen LogP contribution in [0.25, 0.3) is 0 Å². The van der Waals surface area contributed by atoms with Crippen LogP contribution in [0.2, 0.25) is 0 Å². The van der Waals surface area contributed by atoms with Crippen LogP contribution < -0.4 is 4.72 Å². The van der Waals surface area contributed by atoms with Crippen LogP contribution >= 0.6 is 0 Å². The first-order chi connectivity index (χ1) is 7.94. The van der Waals surface area contributed by atoms with E-state index in [1.54, 1.807) is 6.92 Å². The Morgan fingerprint density at radius 3 is 2.71 bits per heavy atom. The van der Waals surface area contributed by atoms with Crippen molar-refractivity contribution in [1.82, 2.24) is 4.72 Å². The number of aliphatic hydroxyl groups excluding tert-OH is 1. The quantitative estimate of drug-likeness (QED) is 0.584. The van der Waals surface area contributed by atoms with Crippen LogP contribution in [0.15, 0.2) is 0 Å². The molecule has 0 aliphatic heterocycles. The van der Waals surface area contributed by atoms with E-state index in [-0.39, 0.29) is 31.2 Å². The lowest BCUT2D eigenvalue weighted by molar-refractivity contribution is -0.142. The molecular formula is C10H19NO5S. The number of carbonyl (C=O) groups is 1. The van der Waals surface area contributed by atoms with E-state index in [1.807, 2.05) is 0 Å². The van der Waals surface area contributed by atoms with Gasteiger partial charge in [-0.25, -0.2) is 13.1 Å². The SMILES string of the molecule is CCOC(=O)CCS(=O)(=O)NCC(O)C1CC1. The second-order valence-electron chi connectivity index (χ2n) is 4.13.